The van der Waals surface area contributed by atoms with Crippen LogP contribution in [0.5, 0.6) is 5.75 Å². The first-order valence-electron chi connectivity index (χ1n) is 9.55. The van der Waals surface area contributed by atoms with E-state index in [1.807, 2.05) is 32.0 Å². The van der Waals surface area contributed by atoms with E-state index in [1.54, 1.807) is 24.3 Å². The molecule has 8 heteroatoms. The van der Waals surface area contributed by atoms with Gasteiger partial charge in [-0.1, -0.05) is 18.2 Å². The number of ether oxygens (including phenoxy) is 1. The Hall–Kier alpha value is -4.20. The summed E-state index contributed by atoms with van der Waals surface area (Å²) in [5.74, 6) is 0.0415. The zero-order chi connectivity index (χ0) is 22.0. The summed E-state index contributed by atoms with van der Waals surface area (Å²) in [6.45, 7) is 3.67. The maximum absolute atomic E-state index is 12.3. The van der Waals surface area contributed by atoms with Crippen molar-refractivity contribution >= 4 is 28.4 Å². The number of carbonyl (C=O) groups excluding carboxylic acids is 1. The molecule has 0 aliphatic heterocycles. The van der Waals surface area contributed by atoms with Crippen LogP contribution in [-0.4, -0.2) is 22.4 Å². The monoisotopic (exact) mass is 417 g/mol. The summed E-state index contributed by atoms with van der Waals surface area (Å²) >= 11 is 0. The number of aromatic nitrogens is 1. The van der Waals surface area contributed by atoms with Crippen molar-refractivity contribution in [1.82, 2.24) is 4.98 Å². The van der Waals surface area contributed by atoms with Crippen LogP contribution in [0.3, 0.4) is 0 Å². The van der Waals surface area contributed by atoms with Gasteiger partial charge in [-0.05, 0) is 61.4 Å². The molecule has 0 aliphatic rings. The van der Waals surface area contributed by atoms with E-state index in [4.69, 9.17) is 9.15 Å². The third kappa shape index (κ3) is 4.37. The highest BCUT2D eigenvalue weighted by molar-refractivity contribution is 5.92. The Bertz CT molecular complexity index is 1260. The predicted octanol–water partition coefficient (Wildman–Crippen LogP) is 5.04. The van der Waals surface area contributed by atoms with E-state index in [-0.39, 0.29) is 18.0 Å². The third-order valence-corrected chi connectivity index (χ3v) is 4.82. The van der Waals surface area contributed by atoms with Crippen molar-refractivity contribution in [3.8, 4) is 17.2 Å². The molecule has 4 rings (SSSR count). The smallest absolute Gasteiger partial charge is 0.310 e. The quantitative estimate of drug-likeness (QED) is 0.348. The lowest BCUT2D eigenvalue weighted by molar-refractivity contribution is -0.385. The minimum absolute atomic E-state index is 0.0356. The van der Waals surface area contributed by atoms with E-state index in [2.05, 4.69) is 10.3 Å². The second kappa shape index (κ2) is 8.27. The highest BCUT2D eigenvalue weighted by Crippen LogP contribution is 2.28. The molecule has 0 fully saturated rings. The Morgan fingerprint density at radius 1 is 1.10 bits per heavy atom. The fourth-order valence-electron chi connectivity index (χ4n) is 3.10. The van der Waals surface area contributed by atoms with Crippen LogP contribution in [-0.2, 0) is 4.79 Å². The number of oxazole rings is 1. The molecule has 8 nitrogen and oxygen atoms in total. The van der Waals surface area contributed by atoms with Crippen molar-refractivity contribution in [1.29, 1.82) is 0 Å². The molecule has 0 atom stereocenters. The van der Waals surface area contributed by atoms with Crippen LogP contribution in [0.4, 0.5) is 11.4 Å². The molecule has 0 saturated heterocycles. The van der Waals surface area contributed by atoms with Gasteiger partial charge in [0.25, 0.3) is 5.91 Å². The van der Waals surface area contributed by atoms with Gasteiger partial charge in [0.2, 0.25) is 5.89 Å². The molecular formula is C23H19N3O5. The summed E-state index contributed by atoms with van der Waals surface area (Å²) in [4.78, 5) is 27.3. The van der Waals surface area contributed by atoms with Crippen molar-refractivity contribution in [2.45, 2.75) is 13.8 Å². The van der Waals surface area contributed by atoms with E-state index in [0.717, 1.165) is 16.6 Å². The lowest BCUT2D eigenvalue weighted by Crippen LogP contribution is -2.20. The number of nitro groups is 1. The van der Waals surface area contributed by atoms with Gasteiger partial charge in [0, 0.05) is 17.3 Å². The maximum atomic E-state index is 12.3. The molecule has 0 aliphatic carbocycles. The van der Waals surface area contributed by atoms with Crippen molar-refractivity contribution in [3.05, 3.63) is 81.9 Å². The van der Waals surface area contributed by atoms with Crippen LogP contribution in [0, 0.1) is 24.0 Å². The van der Waals surface area contributed by atoms with Crippen molar-refractivity contribution < 1.29 is 18.9 Å². The van der Waals surface area contributed by atoms with Gasteiger partial charge >= 0.3 is 5.69 Å². The zero-order valence-electron chi connectivity index (χ0n) is 16.9. The topological polar surface area (TPSA) is 108 Å². The fourth-order valence-corrected chi connectivity index (χ4v) is 3.10. The summed E-state index contributed by atoms with van der Waals surface area (Å²) in [6, 6.07) is 16.9. The Morgan fingerprint density at radius 3 is 2.68 bits per heavy atom. The molecule has 0 saturated carbocycles. The van der Waals surface area contributed by atoms with Gasteiger partial charge in [0.1, 0.15) is 5.52 Å². The van der Waals surface area contributed by atoms with Gasteiger partial charge in [-0.2, -0.15) is 0 Å². The molecule has 0 bridgehead atoms. The lowest BCUT2D eigenvalue weighted by Gasteiger charge is -2.08. The number of nitrogens with zero attached hydrogens (tertiary/aromatic N) is 2. The number of carbonyl (C=O) groups is 1. The van der Waals surface area contributed by atoms with Gasteiger partial charge < -0.3 is 14.5 Å². The number of benzene rings is 3. The number of hydrogen-bond donors (Lipinski definition) is 1. The van der Waals surface area contributed by atoms with Crippen molar-refractivity contribution in [3.63, 3.8) is 0 Å². The van der Waals surface area contributed by atoms with Crippen LogP contribution in [0.15, 0.2) is 65.1 Å². The van der Waals surface area contributed by atoms with Crippen LogP contribution >= 0.6 is 0 Å². The zero-order valence-corrected chi connectivity index (χ0v) is 16.9. The van der Waals surface area contributed by atoms with Gasteiger partial charge in [-0.25, -0.2) is 4.98 Å². The number of aryl methyl sites for hydroxylation is 2. The highest BCUT2D eigenvalue weighted by Gasteiger charge is 2.15. The fraction of sp³-hybridized carbons (Fsp3) is 0.130. The first-order chi connectivity index (χ1) is 14.9. The highest BCUT2D eigenvalue weighted by atomic mass is 16.6. The Morgan fingerprint density at radius 2 is 1.87 bits per heavy atom. The first-order valence-corrected chi connectivity index (χ1v) is 9.55. The van der Waals surface area contributed by atoms with Crippen LogP contribution in [0.2, 0.25) is 0 Å². The molecule has 1 aromatic heterocycles. The molecule has 0 unspecified atom stereocenters. The minimum Gasteiger partial charge on any atom is -0.477 e. The number of hydrogen-bond acceptors (Lipinski definition) is 6. The van der Waals surface area contributed by atoms with E-state index in [1.165, 1.54) is 18.2 Å². The van der Waals surface area contributed by atoms with Crippen molar-refractivity contribution in [2.75, 3.05) is 11.9 Å². The number of amides is 1. The molecule has 1 amide bonds. The molecule has 0 radical (unpaired) electrons. The van der Waals surface area contributed by atoms with Gasteiger partial charge in [0.15, 0.2) is 17.9 Å². The molecule has 1 heterocycles. The second-order valence-corrected chi connectivity index (χ2v) is 7.07. The standard InChI is InChI=1S/C23H19N3O5/c1-14-10-18-21(11-15(14)2)31-23(25-18)16-6-5-7-17(12-16)24-22(27)13-30-20-9-4-3-8-19(20)26(28)29/h3-12H,13H2,1-2H3,(H,24,27). The minimum atomic E-state index is -0.556. The van der Waals surface area contributed by atoms with Gasteiger partial charge in [0.05, 0.1) is 4.92 Å². The summed E-state index contributed by atoms with van der Waals surface area (Å²) in [7, 11) is 0. The molecule has 1 N–H and O–H groups in total. The molecule has 4 aromatic rings. The molecular weight excluding hydrogens is 398 g/mol. The number of nitrogens with one attached hydrogen (secondary N) is 1. The van der Waals surface area contributed by atoms with Crippen LogP contribution in [0.25, 0.3) is 22.6 Å². The Balaban J connectivity index is 1.48. The Kier molecular flexibility index (Phi) is 5.36. The molecule has 31 heavy (non-hydrogen) atoms. The summed E-state index contributed by atoms with van der Waals surface area (Å²) in [5.41, 5.74) is 4.77. The predicted molar refractivity (Wildman–Crippen MR) is 116 cm³/mol. The summed E-state index contributed by atoms with van der Waals surface area (Å²) in [5, 5.41) is 13.8. The normalized spacial score (nSPS) is 10.8. The van der Waals surface area contributed by atoms with Crippen molar-refractivity contribution in [2.24, 2.45) is 0 Å². The number of fused-ring (bicyclic) bond motifs is 1. The average Bonchev–Trinajstić information content (AvgIpc) is 3.15. The lowest BCUT2D eigenvalue weighted by atomic mass is 10.1. The molecule has 3 aromatic carbocycles. The largest absolute Gasteiger partial charge is 0.477 e. The van der Waals surface area contributed by atoms with Gasteiger partial charge in [-0.15, -0.1) is 0 Å². The average molecular weight is 417 g/mol. The SMILES string of the molecule is Cc1cc2nc(-c3cccc(NC(=O)COc4ccccc4[N+](=O)[O-])c3)oc2cc1C. The van der Waals surface area contributed by atoms with E-state index < -0.39 is 10.8 Å². The number of para-hydroxylation sites is 2. The van der Waals surface area contributed by atoms with Gasteiger partial charge in [-0.3, -0.25) is 14.9 Å². The molecule has 156 valence electrons. The molecule has 0 spiro atoms. The van der Waals surface area contributed by atoms with E-state index in [0.29, 0.717) is 22.7 Å². The number of anilines is 1. The van der Waals surface area contributed by atoms with E-state index in [9.17, 15) is 14.9 Å². The number of rotatable bonds is 6. The maximum Gasteiger partial charge on any atom is 0.310 e. The second-order valence-electron chi connectivity index (χ2n) is 7.07. The first kappa shape index (κ1) is 20.1. The van der Waals surface area contributed by atoms with Crippen LogP contribution in [0.1, 0.15) is 11.1 Å². The summed E-state index contributed by atoms with van der Waals surface area (Å²) < 4.78 is 11.2. The van der Waals surface area contributed by atoms with Crippen LogP contribution < -0.4 is 10.1 Å². The summed E-state index contributed by atoms with van der Waals surface area (Å²) in [6.07, 6.45) is 0. The third-order valence-electron chi connectivity index (χ3n) is 4.82. The van der Waals surface area contributed by atoms with E-state index >= 15 is 0 Å². The number of nitro benzene ring substituents is 1. The Labute approximate surface area is 177 Å².